The van der Waals surface area contributed by atoms with Gasteiger partial charge in [0.05, 0.1) is 9.82 Å². The second kappa shape index (κ2) is 6.12. The van der Waals surface area contributed by atoms with E-state index in [0.717, 1.165) is 11.6 Å². The summed E-state index contributed by atoms with van der Waals surface area (Å²) >= 11 is 0. The Bertz CT molecular complexity index is 801. The summed E-state index contributed by atoms with van der Waals surface area (Å²) in [5.74, 6) is 0. The molecular weight excluding hydrogens is 306 g/mol. The third-order valence-corrected chi connectivity index (χ3v) is 4.49. The number of sulfonamides is 1. The van der Waals surface area contributed by atoms with E-state index in [2.05, 4.69) is 10.0 Å². The van der Waals surface area contributed by atoms with Crippen LogP contribution in [-0.2, 0) is 10.0 Å². The van der Waals surface area contributed by atoms with Crippen LogP contribution in [-0.4, -0.2) is 20.4 Å². The molecule has 0 saturated carbocycles. The van der Waals surface area contributed by atoms with Crippen molar-refractivity contribution in [3.63, 3.8) is 0 Å². The SMILES string of the molecule is CNS(=O)(=O)c1ccc(Nc2ccc(C)cc2)c([N+](=O)[O-])c1. The van der Waals surface area contributed by atoms with E-state index in [1.165, 1.54) is 19.2 Å². The van der Waals surface area contributed by atoms with E-state index in [4.69, 9.17) is 0 Å². The molecule has 116 valence electrons. The molecule has 0 atom stereocenters. The summed E-state index contributed by atoms with van der Waals surface area (Å²) in [5.41, 5.74) is 1.66. The summed E-state index contributed by atoms with van der Waals surface area (Å²) in [6, 6.07) is 11.0. The third-order valence-electron chi connectivity index (χ3n) is 3.08. The van der Waals surface area contributed by atoms with Crippen molar-refractivity contribution >= 4 is 27.1 Å². The second-order valence-electron chi connectivity index (χ2n) is 4.63. The molecule has 0 heterocycles. The first-order chi connectivity index (χ1) is 10.3. The lowest BCUT2D eigenvalue weighted by Crippen LogP contribution is -2.18. The zero-order valence-electron chi connectivity index (χ0n) is 12.0. The fourth-order valence-corrected chi connectivity index (χ4v) is 2.60. The second-order valence-corrected chi connectivity index (χ2v) is 6.52. The van der Waals surface area contributed by atoms with Gasteiger partial charge in [0.2, 0.25) is 10.0 Å². The molecule has 2 aromatic carbocycles. The quantitative estimate of drug-likeness (QED) is 0.651. The normalized spacial score (nSPS) is 11.2. The Morgan fingerprint density at radius 3 is 2.27 bits per heavy atom. The molecule has 0 spiro atoms. The van der Waals surface area contributed by atoms with Crippen LogP contribution in [0.4, 0.5) is 17.1 Å². The van der Waals surface area contributed by atoms with Gasteiger partial charge in [0.1, 0.15) is 5.69 Å². The minimum Gasteiger partial charge on any atom is -0.350 e. The standard InChI is InChI=1S/C14H15N3O4S/c1-10-3-5-11(6-4-10)16-13-8-7-12(22(20,21)15-2)9-14(13)17(18)19/h3-9,15-16H,1-2H3. The number of nitro groups is 1. The molecule has 8 heteroatoms. The molecule has 7 nitrogen and oxygen atoms in total. The molecule has 0 aliphatic heterocycles. The number of anilines is 2. The van der Waals surface area contributed by atoms with Gasteiger partial charge in [0.25, 0.3) is 5.69 Å². The van der Waals surface area contributed by atoms with Gasteiger partial charge in [-0.1, -0.05) is 17.7 Å². The van der Waals surface area contributed by atoms with E-state index in [1.54, 1.807) is 12.1 Å². The van der Waals surface area contributed by atoms with Crippen LogP contribution in [0.2, 0.25) is 0 Å². The Balaban J connectivity index is 2.44. The maximum absolute atomic E-state index is 11.7. The predicted octanol–water partition coefficient (Wildman–Crippen LogP) is 2.55. The molecule has 2 rings (SSSR count). The molecule has 0 amide bonds. The lowest BCUT2D eigenvalue weighted by molar-refractivity contribution is -0.384. The van der Waals surface area contributed by atoms with Crippen LogP contribution < -0.4 is 10.0 Å². The fraction of sp³-hybridized carbons (Fsp3) is 0.143. The monoisotopic (exact) mass is 321 g/mol. The van der Waals surface area contributed by atoms with Crippen molar-refractivity contribution in [2.75, 3.05) is 12.4 Å². The van der Waals surface area contributed by atoms with Gasteiger partial charge in [-0.15, -0.1) is 0 Å². The van der Waals surface area contributed by atoms with Gasteiger partial charge in [0, 0.05) is 11.8 Å². The van der Waals surface area contributed by atoms with Crippen LogP contribution in [0, 0.1) is 17.0 Å². The van der Waals surface area contributed by atoms with Gasteiger partial charge < -0.3 is 5.32 Å². The topological polar surface area (TPSA) is 101 Å². The summed E-state index contributed by atoms with van der Waals surface area (Å²) in [4.78, 5) is 10.4. The molecule has 0 aliphatic rings. The fourth-order valence-electron chi connectivity index (χ4n) is 1.85. The molecule has 2 aromatic rings. The highest BCUT2D eigenvalue weighted by molar-refractivity contribution is 7.89. The van der Waals surface area contributed by atoms with Crippen molar-refractivity contribution in [1.82, 2.24) is 4.72 Å². The number of nitrogens with zero attached hydrogens (tertiary/aromatic N) is 1. The highest BCUT2D eigenvalue weighted by atomic mass is 32.2. The van der Waals surface area contributed by atoms with E-state index in [0.29, 0.717) is 5.69 Å². The number of benzene rings is 2. The first-order valence-electron chi connectivity index (χ1n) is 6.39. The van der Waals surface area contributed by atoms with Crippen LogP contribution in [0.15, 0.2) is 47.4 Å². The molecule has 2 N–H and O–H groups in total. The van der Waals surface area contributed by atoms with E-state index >= 15 is 0 Å². The number of hydrogen-bond donors (Lipinski definition) is 2. The zero-order chi connectivity index (χ0) is 16.3. The molecule has 0 bridgehead atoms. The first kappa shape index (κ1) is 15.9. The lowest BCUT2D eigenvalue weighted by Gasteiger charge is -2.09. The summed E-state index contributed by atoms with van der Waals surface area (Å²) in [6.45, 7) is 1.93. The zero-order valence-corrected chi connectivity index (χ0v) is 12.8. The number of rotatable bonds is 5. The summed E-state index contributed by atoms with van der Waals surface area (Å²) in [6.07, 6.45) is 0. The molecule has 22 heavy (non-hydrogen) atoms. The molecule has 0 unspecified atom stereocenters. The number of hydrogen-bond acceptors (Lipinski definition) is 5. The molecule has 0 saturated heterocycles. The van der Waals surface area contributed by atoms with Crippen molar-refractivity contribution in [3.05, 3.63) is 58.1 Å². The first-order valence-corrected chi connectivity index (χ1v) is 7.87. The maximum atomic E-state index is 11.7. The van der Waals surface area contributed by atoms with Crippen molar-refractivity contribution in [1.29, 1.82) is 0 Å². The van der Waals surface area contributed by atoms with Crippen LogP contribution in [0.5, 0.6) is 0 Å². The van der Waals surface area contributed by atoms with Gasteiger partial charge >= 0.3 is 0 Å². The highest BCUT2D eigenvalue weighted by Gasteiger charge is 2.20. The van der Waals surface area contributed by atoms with Gasteiger partial charge in [-0.25, -0.2) is 13.1 Å². The Hall–Kier alpha value is -2.45. The van der Waals surface area contributed by atoms with E-state index < -0.39 is 14.9 Å². The average Bonchev–Trinajstić information content (AvgIpc) is 2.49. The molecule has 0 aromatic heterocycles. The summed E-state index contributed by atoms with van der Waals surface area (Å²) in [5, 5.41) is 14.1. The van der Waals surface area contributed by atoms with Crippen molar-refractivity contribution in [3.8, 4) is 0 Å². The predicted molar refractivity (Wildman–Crippen MR) is 83.8 cm³/mol. The van der Waals surface area contributed by atoms with Crippen LogP contribution in [0.3, 0.4) is 0 Å². The van der Waals surface area contributed by atoms with E-state index in [9.17, 15) is 18.5 Å². The average molecular weight is 321 g/mol. The minimum atomic E-state index is -3.73. The Kier molecular flexibility index (Phi) is 4.43. The van der Waals surface area contributed by atoms with Gasteiger partial charge in [-0.05, 0) is 38.2 Å². The molecule has 0 radical (unpaired) electrons. The molecule has 0 aliphatic carbocycles. The van der Waals surface area contributed by atoms with Crippen molar-refractivity contribution < 1.29 is 13.3 Å². The van der Waals surface area contributed by atoms with E-state index in [1.807, 2.05) is 19.1 Å². The number of nitro benzene ring substituents is 1. The van der Waals surface area contributed by atoms with E-state index in [-0.39, 0.29) is 16.3 Å². The van der Waals surface area contributed by atoms with Gasteiger partial charge in [-0.2, -0.15) is 0 Å². The Morgan fingerprint density at radius 2 is 1.73 bits per heavy atom. The number of nitrogens with one attached hydrogen (secondary N) is 2. The Morgan fingerprint density at radius 1 is 1.09 bits per heavy atom. The minimum absolute atomic E-state index is 0.156. The number of aryl methyl sites for hydroxylation is 1. The summed E-state index contributed by atoms with van der Waals surface area (Å²) < 4.78 is 25.6. The maximum Gasteiger partial charge on any atom is 0.294 e. The lowest BCUT2D eigenvalue weighted by atomic mass is 10.2. The molecular formula is C14H15N3O4S. The van der Waals surface area contributed by atoms with Crippen molar-refractivity contribution in [2.45, 2.75) is 11.8 Å². The van der Waals surface area contributed by atoms with Crippen molar-refractivity contribution in [2.24, 2.45) is 0 Å². The third kappa shape index (κ3) is 3.41. The highest BCUT2D eigenvalue weighted by Crippen LogP contribution is 2.30. The summed E-state index contributed by atoms with van der Waals surface area (Å²) in [7, 11) is -2.48. The Labute approximate surface area is 128 Å². The van der Waals surface area contributed by atoms with Crippen LogP contribution in [0.1, 0.15) is 5.56 Å². The van der Waals surface area contributed by atoms with Gasteiger partial charge in [-0.3, -0.25) is 10.1 Å². The largest absolute Gasteiger partial charge is 0.350 e. The molecule has 0 fully saturated rings. The van der Waals surface area contributed by atoms with Crippen LogP contribution in [0.25, 0.3) is 0 Å². The van der Waals surface area contributed by atoms with Crippen LogP contribution >= 0.6 is 0 Å². The smallest absolute Gasteiger partial charge is 0.294 e. The van der Waals surface area contributed by atoms with Gasteiger partial charge in [0.15, 0.2) is 0 Å².